The molecule has 2 fully saturated rings. The van der Waals surface area contributed by atoms with Crippen molar-refractivity contribution in [1.82, 2.24) is 9.55 Å². The average Bonchev–Trinajstić information content (AvgIpc) is 3.32. The SMILES string of the molecule is O=C(O[C@H]1C[C@H]2CC[C@H]1C2)c1ccc(-n2ccnc2)c([N+](=O)[O-])c1. The van der Waals surface area contributed by atoms with Gasteiger partial charge in [-0.15, -0.1) is 0 Å². The van der Waals surface area contributed by atoms with Gasteiger partial charge in [-0.2, -0.15) is 0 Å². The highest BCUT2D eigenvalue weighted by Crippen LogP contribution is 2.46. The van der Waals surface area contributed by atoms with Gasteiger partial charge in [0.05, 0.1) is 16.8 Å². The molecule has 2 bridgehead atoms. The van der Waals surface area contributed by atoms with E-state index in [0.717, 1.165) is 19.3 Å². The van der Waals surface area contributed by atoms with Crippen molar-refractivity contribution in [1.29, 1.82) is 0 Å². The third-order valence-electron chi connectivity index (χ3n) is 5.12. The van der Waals surface area contributed by atoms with E-state index in [4.69, 9.17) is 4.74 Å². The minimum absolute atomic E-state index is 0.0383. The van der Waals surface area contributed by atoms with E-state index in [-0.39, 0.29) is 17.4 Å². The lowest BCUT2D eigenvalue weighted by atomic mass is 9.98. The van der Waals surface area contributed by atoms with E-state index in [2.05, 4.69) is 4.98 Å². The van der Waals surface area contributed by atoms with E-state index in [1.54, 1.807) is 29.1 Å². The molecular weight excluding hydrogens is 310 g/mol. The Labute approximate surface area is 138 Å². The number of carbonyl (C=O) groups excluding carboxylic acids is 1. The lowest BCUT2D eigenvalue weighted by Gasteiger charge is -2.21. The van der Waals surface area contributed by atoms with Crippen LogP contribution in [0.15, 0.2) is 36.9 Å². The summed E-state index contributed by atoms with van der Waals surface area (Å²) in [4.78, 5) is 27.1. The second-order valence-corrected chi connectivity index (χ2v) is 6.55. The topological polar surface area (TPSA) is 87.3 Å². The summed E-state index contributed by atoms with van der Waals surface area (Å²) in [5.41, 5.74) is 0.442. The van der Waals surface area contributed by atoms with Gasteiger partial charge in [0, 0.05) is 18.5 Å². The first-order valence-corrected chi connectivity index (χ1v) is 8.09. The van der Waals surface area contributed by atoms with Crippen LogP contribution in [0.25, 0.3) is 5.69 Å². The molecule has 2 aromatic rings. The van der Waals surface area contributed by atoms with Crippen molar-refractivity contribution < 1.29 is 14.5 Å². The Morgan fingerprint density at radius 3 is 2.83 bits per heavy atom. The maximum Gasteiger partial charge on any atom is 0.338 e. The van der Waals surface area contributed by atoms with Crippen molar-refractivity contribution in [2.75, 3.05) is 0 Å². The number of carbonyl (C=O) groups is 1. The summed E-state index contributed by atoms with van der Waals surface area (Å²) in [5.74, 6) is 0.651. The van der Waals surface area contributed by atoms with Crippen molar-refractivity contribution >= 4 is 11.7 Å². The molecule has 0 unspecified atom stereocenters. The number of aromatic nitrogens is 2. The molecular formula is C17H17N3O4. The summed E-state index contributed by atoms with van der Waals surface area (Å²) in [7, 11) is 0. The number of hydrogen-bond acceptors (Lipinski definition) is 5. The normalized spacial score (nSPS) is 24.9. The van der Waals surface area contributed by atoms with Gasteiger partial charge in [0.1, 0.15) is 11.8 Å². The molecule has 0 amide bonds. The molecule has 2 aliphatic rings. The van der Waals surface area contributed by atoms with Gasteiger partial charge in [-0.3, -0.25) is 10.1 Å². The average molecular weight is 327 g/mol. The molecule has 0 radical (unpaired) electrons. The maximum atomic E-state index is 12.4. The lowest BCUT2D eigenvalue weighted by molar-refractivity contribution is -0.384. The molecule has 124 valence electrons. The number of nitro benzene ring substituents is 1. The van der Waals surface area contributed by atoms with Gasteiger partial charge in [0.25, 0.3) is 5.69 Å². The zero-order valence-electron chi connectivity index (χ0n) is 13.0. The van der Waals surface area contributed by atoms with Gasteiger partial charge in [-0.25, -0.2) is 9.78 Å². The van der Waals surface area contributed by atoms with Gasteiger partial charge >= 0.3 is 5.97 Å². The maximum absolute atomic E-state index is 12.4. The highest BCUT2D eigenvalue weighted by Gasteiger charge is 2.41. The molecule has 0 aliphatic heterocycles. The Morgan fingerprint density at radius 2 is 2.21 bits per heavy atom. The van der Waals surface area contributed by atoms with Crippen molar-refractivity contribution in [3.05, 3.63) is 52.6 Å². The van der Waals surface area contributed by atoms with Crippen LogP contribution in [0.5, 0.6) is 0 Å². The minimum Gasteiger partial charge on any atom is -0.458 e. The molecule has 24 heavy (non-hydrogen) atoms. The molecule has 3 atom stereocenters. The first-order valence-electron chi connectivity index (χ1n) is 8.09. The Morgan fingerprint density at radius 1 is 1.33 bits per heavy atom. The van der Waals surface area contributed by atoms with Crippen LogP contribution >= 0.6 is 0 Å². The Balaban J connectivity index is 1.58. The molecule has 2 saturated carbocycles. The second kappa shape index (κ2) is 5.74. The number of imidazole rings is 1. The molecule has 1 aromatic carbocycles. The molecule has 1 heterocycles. The summed E-state index contributed by atoms with van der Waals surface area (Å²) in [5, 5.41) is 11.4. The number of fused-ring (bicyclic) bond motifs is 2. The largest absolute Gasteiger partial charge is 0.458 e. The van der Waals surface area contributed by atoms with E-state index in [1.807, 2.05) is 0 Å². The number of rotatable bonds is 4. The summed E-state index contributed by atoms with van der Waals surface area (Å²) in [6.07, 6.45) is 9.00. The predicted octanol–water partition coefficient (Wildman–Crippen LogP) is 3.13. The number of ether oxygens (including phenoxy) is 1. The molecule has 7 nitrogen and oxygen atoms in total. The van der Waals surface area contributed by atoms with Crippen molar-refractivity contribution in [2.24, 2.45) is 11.8 Å². The van der Waals surface area contributed by atoms with Crippen molar-refractivity contribution in [3.8, 4) is 5.69 Å². The van der Waals surface area contributed by atoms with Crippen LogP contribution in [0.1, 0.15) is 36.0 Å². The van der Waals surface area contributed by atoms with Crippen molar-refractivity contribution in [2.45, 2.75) is 31.8 Å². The molecule has 0 saturated heterocycles. The Bertz CT molecular complexity index is 787. The van der Waals surface area contributed by atoms with E-state index in [0.29, 0.717) is 17.5 Å². The monoisotopic (exact) mass is 327 g/mol. The fraction of sp³-hybridized carbons (Fsp3) is 0.412. The summed E-state index contributed by atoms with van der Waals surface area (Å²) < 4.78 is 7.16. The molecule has 2 aliphatic carbocycles. The van der Waals surface area contributed by atoms with E-state index < -0.39 is 10.9 Å². The predicted molar refractivity (Wildman–Crippen MR) is 84.9 cm³/mol. The van der Waals surface area contributed by atoms with Crippen LogP contribution in [0, 0.1) is 22.0 Å². The fourth-order valence-electron chi connectivity index (χ4n) is 3.95. The first-order chi connectivity index (χ1) is 11.6. The Hall–Kier alpha value is -2.70. The van der Waals surface area contributed by atoms with Crippen LogP contribution in [-0.4, -0.2) is 26.5 Å². The Kier molecular flexibility index (Phi) is 3.55. The van der Waals surface area contributed by atoms with Crippen LogP contribution in [0.4, 0.5) is 5.69 Å². The van der Waals surface area contributed by atoms with Crippen LogP contribution in [-0.2, 0) is 4.74 Å². The van der Waals surface area contributed by atoms with Crippen molar-refractivity contribution in [3.63, 3.8) is 0 Å². The molecule has 0 spiro atoms. The van der Waals surface area contributed by atoms with Gasteiger partial charge in [0.15, 0.2) is 0 Å². The third-order valence-corrected chi connectivity index (χ3v) is 5.12. The number of hydrogen-bond donors (Lipinski definition) is 0. The number of benzene rings is 1. The molecule has 7 heteroatoms. The molecule has 0 N–H and O–H groups in total. The van der Waals surface area contributed by atoms with E-state index >= 15 is 0 Å². The molecule has 1 aromatic heterocycles. The number of esters is 1. The summed E-state index contributed by atoms with van der Waals surface area (Å²) in [6.45, 7) is 0. The van der Waals surface area contributed by atoms with E-state index in [9.17, 15) is 14.9 Å². The van der Waals surface area contributed by atoms with Gasteiger partial charge in [-0.05, 0) is 49.7 Å². The van der Waals surface area contributed by atoms with Gasteiger partial charge < -0.3 is 9.30 Å². The van der Waals surface area contributed by atoms with Crippen LogP contribution < -0.4 is 0 Å². The zero-order valence-corrected chi connectivity index (χ0v) is 13.0. The quantitative estimate of drug-likeness (QED) is 0.489. The smallest absolute Gasteiger partial charge is 0.338 e. The van der Waals surface area contributed by atoms with Crippen LogP contribution in [0.2, 0.25) is 0 Å². The second-order valence-electron chi connectivity index (χ2n) is 6.55. The summed E-state index contributed by atoms with van der Waals surface area (Å²) in [6, 6.07) is 4.40. The highest BCUT2D eigenvalue weighted by atomic mass is 16.6. The number of nitrogens with zero attached hydrogens (tertiary/aromatic N) is 3. The lowest BCUT2D eigenvalue weighted by Crippen LogP contribution is -2.24. The standard InChI is InChI=1S/C17H17N3O4/c21-17(24-16-8-11-1-2-12(16)7-11)13-3-4-14(15(9-13)20(22)23)19-6-5-18-10-19/h3-6,9-12,16H,1-2,7-8H2/t11-,12-,16-/m0/s1. The number of nitro groups is 1. The van der Waals surface area contributed by atoms with Gasteiger partial charge in [0.2, 0.25) is 0 Å². The first kappa shape index (κ1) is 14.9. The third kappa shape index (κ3) is 2.55. The van der Waals surface area contributed by atoms with E-state index in [1.165, 1.54) is 18.8 Å². The summed E-state index contributed by atoms with van der Waals surface area (Å²) >= 11 is 0. The van der Waals surface area contributed by atoms with Crippen LogP contribution in [0.3, 0.4) is 0 Å². The fourth-order valence-corrected chi connectivity index (χ4v) is 3.95. The minimum atomic E-state index is -0.496. The molecule has 4 rings (SSSR count). The van der Waals surface area contributed by atoms with Gasteiger partial charge in [-0.1, -0.05) is 0 Å². The zero-order chi connectivity index (χ0) is 16.7. The highest BCUT2D eigenvalue weighted by molar-refractivity contribution is 5.91.